The standard InChI is InChI=1S/C15H22N2S/c1-12-5-4-9-17(10-8-12)11-13-6-2-3-7-14(13)15(16)18/h2-3,6-7,12H,4-5,8-11H2,1H3,(H2,16,18). The largest absolute Gasteiger partial charge is 0.389 e. The molecule has 0 bridgehead atoms. The summed E-state index contributed by atoms with van der Waals surface area (Å²) in [4.78, 5) is 3.04. The van der Waals surface area contributed by atoms with Crippen LogP contribution in [0.15, 0.2) is 24.3 Å². The van der Waals surface area contributed by atoms with Gasteiger partial charge in [0.15, 0.2) is 0 Å². The highest BCUT2D eigenvalue weighted by Crippen LogP contribution is 2.19. The topological polar surface area (TPSA) is 29.3 Å². The molecule has 2 nitrogen and oxygen atoms in total. The fourth-order valence-electron chi connectivity index (χ4n) is 2.62. The fraction of sp³-hybridized carbons (Fsp3) is 0.533. The fourth-order valence-corrected chi connectivity index (χ4v) is 2.82. The summed E-state index contributed by atoms with van der Waals surface area (Å²) in [6.45, 7) is 5.70. The molecular weight excluding hydrogens is 240 g/mol. The summed E-state index contributed by atoms with van der Waals surface area (Å²) in [5.41, 5.74) is 8.08. The number of hydrogen-bond donors (Lipinski definition) is 1. The maximum Gasteiger partial charge on any atom is 0.104 e. The number of nitrogens with two attached hydrogens (primary N) is 1. The lowest BCUT2D eigenvalue weighted by Crippen LogP contribution is -2.26. The van der Waals surface area contributed by atoms with E-state index in [1.54, 1.807) is 0 Å². The van der Waals surface area contributed by atoms with Gasteiger partial charge in [0.05, 0.1) is 0 Å². The van der Waals surface area contributed by atoms with Crippen LogP contribution in [0.25, 0.3) is 0 Å². The summed E-state index contributed by atoms with van der Waals surface area (Å²) in [7, 11) is 0. The van der Waals surface area contributed by atoms with Crippen LogP contribution in [0.3, 0.4) is 0 Å². The summed E-state index contributed by atoms with van der Waals surface area (Å²) in [5, 5.41) is 0. The molecule has 2 rings (SSSR count). The van der Waals surface area contributed by atoms with Gasteiger partial charge in [-0.1, -0.05) is 43.4 Å². The molecule has 1 unspecified atom stereocenters. The molecule has 0 amide bonds. The zero-order chi connectivity index (χ0) is 13.0. The van der Waals surface area contributed by atoms with Crippen molar-refractivity contribution in [3.05, 3.63) is 35.4 Å². The Hall–Kier alpha value is -0.930. The highest BCUT2D eigenvalue weighted by molar-refractivity contribution is 7.80. The molecule has 3 heteroatoms. The lowest BCUT2D eigenvalue weighted by Gasteiger charge is -2.21. The quantitative estimate of drug-likeness (QED) is 0.849. The predicted molar refractivity (Wildman–Crippen MR) is 80.6 cm³/mol. The molecule has 1 atom stereocenters. The second kappa shape index (κ2) is 6.30. The number of hydrogen-bond acceptors (Lipinski definition) is 2. The molecule has 1 aliphatic heterocycles. The smallest absolute Gasteiger partial charge is 0.104 e. The number of thiocarbonyl (C=S) groups is 1. The molecule has 98 valence electrons. The molecule has 1 fully saturated rings. The van der Waals surface area contributed by atoms with E-state index < -0.39 is 0 Å². The maximum atomic E-state index is 5.79. The van der Waals surface area contributed by atoms with Gasteiger partial charge in [0, 0.05) is 12.1 Å². The highest BCUT2D eigenvalue weighted by atomic mass is 32.1. The van der Waals surface area contributed by atoms with Crippen LogP contribution >= 0.6 is 12.2 Å². The normalized spacial score (nSPS) is 21.5. The Morgan fingerprint density at radius 3 is 2.89 bits per heavy atom. The molecule has 1 aromatic carbocycles. The zero-order valence-electron chi connectivity index (χ0n) is 11.1. The molecule has 0 aromatic heterocycles. The Labute approximate surface area is 115 Å². The van der Waals surface area contributed by atoms with Crippen LogP contribution in [0.2, 0.25) is 0 Å². The van der Waals surface area contributed by atoms with Crippen LogP contribution in [0.1, 0.15) is 37.3 Å². The molecule has 0 spiro atoms. The van der Waals surface area contributed by atoms with E-state index in [0.717, 1.165) is 18.0 Å². The van der Waals surface area contributed by atoms with Crippen molar-refractivity contribution in [2.75, 3.05) is 13.1 Å². The van der Waals surface area contributed by atoms with Crippen molar-refractivity contribution >= 4 is 17.2 Å². The van der Waals surface area contributed by atoms with Gasteiger partial charge in [0.2, 0.25) is 0 Å². The summed E-state index contributed by atoms with van der Waals surface area (Å²) in [5.74, 6) is 0.862. The van der Waals surface area contributed by atoms with Gasteiger partial charge in [-0.3, -0.25) is 4.90 Å². The van der Waals surface area contributed by atoms with Gasteiger partial charge in [0.25, 0.3) is 0 Å². The van der Waals surface area contributed by atoms with E-state index in [1.807, 2.05) is 12.1 Å². The molecule has 1 aliphatic rings. The lowest BCUT2D eigenvalue weighted by molar-refractivity contribution is 0.273. The molecule has 0 saturated carbocycles. The first-order valence-corrected chi connectivity index (χ1v) is 7.17. The van der Waals surface area contributed by atoms with E-state index >= 15 is 0 Å². The number of benzene rings is 1. The van der Waals surface area contributed by atoms with Crippen LogP contribution in [0.4, 0.5) is 0 Å². The first kappa shape index (κ1) is 13.5. The third-order valence-electron chi connectivity index (χ3n) is 3.79. The predicted octanol–water partition coefficient (Wildman–Crippen LogP) is 2.94. The summed E-state index contributed by atoms with van der Waals surface area (Å²) >= 11 is 5.12. The summed E-state index contributed by atoms with van der Waals surface area (Å²) in [6.07, 6.45) is 3.96. The van der Waals surface area contributed by atoms with E-state index in [-0.39, 0.29) is 0 Å². The Kier molecular flexibility index (Phi) is 4.72. The van der Waals surface area contributed by atoms with Crippen molar-refractivity contribution < 1.29 is 0 Å². The molecule has 1 heterocycles. The third-order valence-corrected chi connectivity index (χ3v) is 4.01. The van der Waals surface area contributed by atoms with Gasteiger partial charge >= 0.3 is 0 Å². The third kappa shape index (κ3) is 3.53. The van der Waals surface area contributed by atoms with Gasteiger partial charge in [0.1, 0.15) is 4.99 Å². The Morgan fingerprint density at radius 2 is 2.11 bits per heavy atom. The average molecular weight is 262 g/mol. The van der Waals surface area contributed by atoms with Crippen LogP contribution in [-0.2, 0) is 6.54 Å². The van der Waals surface area contributed by atoms with Gasteiger partial charge in [-0.2, -0.15) is 0 Å². The summed E-state index contributed by atoms with van der Waals surface area (Å²) < 4.78 is 0. The molecule has 1 aromatic rings. The zero-order valence-corrected chi connectivity index (χ0v) is 11.9. The molecule has 0 radical (unpaired) electrons. The second-order valence-electron chi connectivity index (χ2n) is 5.33. The van der Waals surface area contributed by atoms with Crippen molar-refractivity contribution in [1.82, 2.24) is 4.90 Å². The minimum atomic E-state index is 0.508. The van der Waals surface area contributed by atoms with E-state index in [4.69, 9.17) is 18.0 Å². The molecule has 0 aliphatic carbocycles. The van der Waals surface area contributed by atoms with E-state index in [0.29, 0.717) is 4.99 Å². The first-order valence-electron chi connectivity index (χ1n) is 6.77. The van der Waals surface area contributed by atoms with Crippen molar-refractivity contribution in [2.24, 2.45) is 11.7 Å². The number of rotatable bonds is 3. The molecule has 18 heavy (non-hydrogen) atoms. The van der Waals surface area contributed by atoms with E-state index in [9.17, 15) is 0 Å². The number of nitrogens with zero attached hydrogens (tertiary/aromatic N) is 1. The van der Waals surface area contributed by atoms with Crippen LogP contribution < -0.4 is 5.73 Å². The minimum Gasteiger partial charge on any atom is -0.389 e. The van der Waals surface area contributed by atoms with E-state index in [2.05, 4.69) is 24.0 Å². The Morgan fingerprint density at radius 1 is 1.33 bits per heavy atom. The van der Waals surface area contributed by atoms with Crippen LogP contribution in [0, 0.1) is 5.92 Å². The van der Waals surface area contributed by atoms with Crippen molar-refractivity contribution in [3.63, 3.8) is 0 Å². The SMILES string of the molecule is CC1CCCN(Cc2ccccc2C(N)=S)CC1. The van der Waals surface area contributed by atoms with Crippen LogP contribution in [-0.4, -0.2) is 23.0 Å². The van der Waals surface area contributed by atoms with Crippen molar-refractivity contribution in [2.45, 2.75) is 32.7 Å². The highest BCUT2D eigenvalue weighted by Gasteiger charge is 2.15. The van der Waals surface area contributed by atoms with Gasteiger partial charge < -0.3 is 5.73 Å². The molecule has 2 N–H and O–H groups in total. The van der Waals surface area contributed by atoms with E-state index in [1.165, 1.54) is 37.9 Å². The molecular formula is C15H22N2S. The van der Waals surface area contributed by atoms with Crippen LogP contribution in [0.5, 0.6) is 0 Å². The van der Waals surface area contributed by atoms with Crippen molar-refractivity contribution in [1.29, 1.82) is 0 Å². The minimum absolute atomic E-state index is 0.508. The van der Waals surface area contributed by atoms with Gasteiger partial charge in [-0.15, -0.1) is 0 Å². The molecule has 1 saturated heterocycles. The number of likely N-dealkylation sites (tertiary alicyclic amines) is 1. The maximum absolute atomic E-state index is 5.79. The first-order chi connectivity index (χ1) is 8.66. The Balaban J connectivity index is 2.06. The summed E-state index contributed by atoms with van der Waals surface area (Å²) in [6, 6.07) is 8.24. The average Bonchev–Trinajstić information content (AvgIpc) is 2.55. The second-order valence-corrected chi connectivity index (χ2v) is 5.77. The lowest BCUT2D eigenvalue weighted by atomic mass is 10.0. The monoisotopic (exact) mass is 262 g/mol. The van der Waals surface area contributed by atoms with Gasteiger partial charge in [-0.25, -0.2) is 0 Å². The van der Waals surface area contributed by atoms with Gasteiger partial charge in [-0.05, 0) is 43.8 Å². The van der Waals surface area contributed by atoms with Crippen molar-refractivity contribution in [3.8, 4) is 0 Å². The Bertz CT molecular complexity index is 417.